The molecule has 0 aliphatic carbocycles. The van der Waals surface area contributed by atoms with Crippen molar-refractivity contribution in [3.05, 3.63) is 59.5 Å². The number of hydrogen-bond acceptors (Lipinski definition) is 3. The molecule has 6 heteroatoms. The monoisotopic (exact) mass is 285 g/mol. The zero-order valence-corrected chi connectivity index (χ0v) is 11.0. The minimum Gasteiger partial charge on any atom is -0.368 e. The van der Waals surface area contributed by atoms with Crippen molar-refractivity contribution in [3.8, 4) is 0 Å². The number of fused-ring (bicyclic) bond motifs is 1. The summed E-state index contributed by atoms with van der Waals surface area (Å²) in [5.74, 6) is -1.02. The Morgan fingerprint density at radius 2 is 1.95 bits per heavy atom. The van der Waals surface area contributed by atoms with E-state index in [1.54, 1.807) is 18.3 Å². The van der Waals surface area contributed by atoms with Gasteiger partial charge in [-0.2, -0.15) is 0 Å². The lowest BCUT2D eigenvalue weighted by Crippen LogP contribution is -2.46. The Morgan fingerprint density at radius 1 is 1.24 bits per heavy atom. The molecule has 2 amide bonds. The van der Waals surface area contributed by atoms with Crippen LogP contribution in [-0.4, -0.2) is 22.8 Å². The average molecular weight is 285 g/mol. The van der Waals surface area contributed by atoms with Crippen molar-refractivity contribution in [3.63, 3.8) is 0 Å². The van der Waals surface area contributed by atoms with Gasteiger partial charge < -0.3 is 5.73 Å². The summed E-state index contributed by atoms with van der Waals surface area (Å²) < 4.78 is 13.0. The molecule has 1 aliphatic heterocycles. The Morgan fingerprint density at radius 3 is 2.62 bits per heavy atom. The Kier molecular flexibility index (Phi) is 3.13. The van der Waals surface area contributed by atoms with Crippen molar-refractivity contribution in [2.45, 2.75) is 12.5 Å². The minimum atomic E-state index is -0.771. The van der Waals surface area contributed by atoms with Gasteiger partial charge in [0.15, 0.2) is 0 Å². The van der Waals surface area contributed by atoms with Crippen molar-refractivity contribution in [1.82, 2.24) is 4.98 Å². The lowest BCUT2D eigenvalue weighted by molar-refractivity contribution is -0.119. The number of amides is 2. The maximum absolute atomic E-state index is 13.0. The van der Waals surface area contributed by atoms with E-state index >= 15 is 0 Å². The Bertz CT molecular complexity index is 715. The molecular formula is C15H12FN3O2. The van der Waals surface area contributed by atoms with Crippen LogP contribution >= 0.6 is 0 Å². The Balaban J connectivity index is 2.03. The van der Waals surface area contributed by atoms with Gasteiger partial charge in [0.2, 0.25) is 5.91 Å². The zero-order valence-electron chi connectivity index (χ0n) is 11.0. The quantitative estimate of drug-likeness (QED) is 0.903. The number of nitrogens with zero attached hydrogens (tertiary/aromatic N) is 2. The number of pyridine rings is 1. The van der Waals surface area contributed by atoms with Crippen LogP contribution in [0.4, 0.5) is 10.2 Å². The molecule has 1 aliphatic rings. The number of benzene rings is 1. The first-order valence-corrected chi connectivity index (χ1v) is 6.40. The van der Waals surface area contributed by atoms with Crippen LogP contribution in [-0.2, 0) is 11.2 Å². The smallest absolute Gasteiger partial charge is 0.260 e. The first-order valence-electron chi connectivity index (χ1n) is 6.40. The maximum atomic E-state index is 13.0. The molecular weight excluding hydrogens is 273 g/mol. The summed E-state index contributed by atoms with van der Waals surface area (Å²) in [4.78, 5) is 29.6. The number of halogens is 1. The summed E-state index contributed by atoms with van der Waals surface area (Å²) in [6, 6.07) is 7.91. The molecule has 0 fully saturated rings. The van der Waals surface area contributed by atoms with Gasteiger partial charge in [0.05, 0.1) is 0 Å². The molecule has 2 aromatic rings. The van der Waals surface area contributed by atoms with Crippen LogP contribution in [0, 0.1) is 5.82 Å². The van der Waals surface area contributed by atoms with Gasteiger partial charge in [0.1, 0.15) is 17.7 Å². The van der Waals surface area contributed by atoms with Crippen molar-refractivity contribution in [2.75, 3.05) is 4.90 Å². The van der Waals surface area contributed by atoms with Gasteiger partial charge in [-0.3, -0.25) is 14.5 Å². The average Bonchev–Trinajstić information content (AvgIpc) is 2.87. The van der Waals surface area contributed by atoms with Crippen molar-refractivity contribution in [2.24, 2.45) is 5.73 Å². The predicted molar refractivity (Wildman–Crippen MR) is 74.1 cm³/mol. The highest BCUT2D eigenvalue weighted by atomic mass is 19.1. The molecule has 2 N–H and O–H groups in total. The van der Waals surface area contributed by atoms with Crippen molar-refractivity contribution < 1.29 is 14.0 Å². The molecule has 3 rings (SSSR count). The van der Waals surface area contributed by atoms with Crippen molar-refractivity contribution in [1.29, 1.82) is 0 Å². The van der Waals surface area contributed by atoms with E-state index in [-0.39, 0.29) is 5.56 Å². The molecule has 0 bridgehead atoms. The predicted octanol–water partition coefficient (Wildman–Crippen LogP) is 1.28. The van der Waals surface area contributed by atoms with Crippen LogP contribution in [0.3, 0.4) is 0 Å². The summed E-state index contributed by atoms with van der Waals surface area (Å²) >= 11 is 0. The number of aromatic nitrogens is 1. The number of rotatable bonds is 2. The lowest BCUT2D eigenvalue weighted by atomic mass is 10.1. The molecule has 1 unspecified atom stereocenters. The van der Waals surface area contributed by atoms with Gasteiger partial charge in [-0.1, -0.05) is 6.07 Å². The molecule has 1 atom stereocenters. The van der Waals surface area contributed by atoms with Crippen LogP contribution in [0.2, 0.25) is 0 Å². The second kappa shape index (κ2) is 4.97. The number of nitrogens with two attached hydrogens (primary N) is 1. The normalized spacial score (nSPS) is 16.6. The standard InChI is InChI=1S/C15H12FN3O2/c16-11-5-3-9(4-6-11)15(21)19-12(13(17)20)8-10-2-1-7-18-14(10)19/h1-7,12H,8H2,(H2,17,20). The molecule has 0 saturated heterocycles. The minimum absolute atomic E-state index is 0.279. The maximum Gasteiger partial charge on any atom is 0.260 e. The third-order valence-electron chi connectivity index (χ3n) is 3.46. The fourth-order valence-corrected chi connectivity index (χ4v) is 2.45. The summed E-state index contributed by atoms with van der Waals surface area (Å²) in [5, 5.41) is 0. The molecule has 1 aromatic heterocycles. The third kappa shape index (κ3) is 2.24. The van der Waals surface area contributed by atoms with E-state index < -0.39 is 23.7 Å². The number of carbonyl (C=O) groups excluding carboxylic acids is 2. The van der Waals surface area contributed by atoms with Gasteiger partial charge in [-0.15, -0.1) is 0 Å². The highest BCUT2D eigenvalue weighted by Gasteiger charge is 2.38. The molecule has 0 radical (unpaired) electrons. The number of carbonyl (C=O) groups is 2. The van der Waals surface area contributed by atoms with E-state index in [1.807, 2.05) is 0 Å². The van der Waals surface area contributed by atoms with Crippen LogP contribution in [0.1, 0.15) is 15.9 Å². The Hall–Kier alpha value is -2.76. The highest BCUT2D eigenvalue weighted by Crippen LogP contribution is 2.31. The molecule has 106 valence electrons. The van der Waals surface area contributed by atoms with E-state index in [2.05, 4.69) is 4.98 Å². The van der Waals surface area contributed by atoms with Gasteiger partial charge >= 0.3 is 0 Å². The molecule has 1 aromatic carbocycles. The summed E-state index contributed by atoms with van der Waals surface area (Å²) in [6.07, 6.45) is 1.89. The van der Waals surface area contributed by atoms with Gasteiger partial charge in [0, 0.05) is 18.2 Å². The van der Waals surface area contributed by atoms with E-state index in [9.17, 15) is 14.0 Å². The number of hydrogen-bond donors (Lipinski definition) is 1. The van der Waals surface area contributed by atoms with Crippen molar-refractivity contribution >= 4 is 17.6 Å². The molecule has 0 spiro atoms. The topological polar surface area (TPSA) is 76.3 Å². The van der Waals surface area contributed by atoms with Gasteiger partial charge in [-0.25, -0.2) is 9.37 Å². The van der Waals surface area contributed by atoms with E-state index in [0.717, 1.165) is 5.56 Å². The third-order valence-corrected chi connectivity index (χ3v) is 3.46. The molecule has 21 heavy (non-hydrogen) atoms. The van der Waals surface area contributed by atoms with Crippen LogP contribution in [0.25, 0.3) is 0 Å². The lowest BCUT2D eigenvalue weighted by Gasteiger charge is -2.22. The van der Waals surface area contributed by atoms with Crippen LogP contribution in [0.15, 0.2) is 42.6 Å². The zero-order chi connectivity index (χ0) is 15.0. The Labute approximate surface area is 120 Å². The second-order valence-corrected chi connectivity index (χ2v) is 4.79. The largest absolute Gasteiger partial charge is 0.368 e. The first-order chi connectivity index (χ1) is 10.1. The number of primary amides is 1. The van der Waals surface area contributed by atoms with E-state index in [0.29, 0.717) is 12.2 Å². The summed E-state index contributed by atoms with van der Waals surface area (Å²) in [7, 11) is 0. The summed E-state index contributed by atoms with van der Waals surface area (Å²) in [5.41, 5.74) is 6.45. The second-order valence-electron chi connectivity index (χ2n) is 4.79. The van der Waals surface area contributed by atoms with E-state index in [1.165, 1.54) is 29.2 Å². The fourth-order valence-electron chi connectivity index (χ4n) is 2.45. The molecule has 5 nitrogen and oxygen atoms in total. The summed E-state index contributed by atoms with van der Waals surface area (Å²) in [6.45, 7) is 0. The SMILES string of the molecule is NC(=O)C1Cc2cccnc2N1C(=O)c1ccc(F)cc1. The van der Waals surface area contributed by atoms with Gasteiger partial charge in [0.25, 0.3) is 5.91 Å². The van der Waals surface area contributed by atoms with Crippen LogP contribution < -0.4 is 10.6 Å². The highest BCUT2D eigenvalue weighted by molar-refractivity contribution is 6.10. The van der Waals surface area contributed by atoms with Gasteiger partial charge in [-0.05, 0) is 35.9 Å². The van der Waals surface area contributed by atoms with E-state index in [4.69, 9.17) is 5.73 Å². The number of anilines is 1. The molecule has 2 heterocycles. The molecule has 0 saturated carbocycles. The van der Waals surface area contributed by atoms with Crippen LogP contribution in [0.5, 0.6) is 0 Å². The first kappa shape index (κ1) is 13.2. The fraction of sp³-hybridized carbons (Fsp3) is 0.133.